The second-order valence-corrected chi connectivity index (χ2v) is 6.35. The average Bonchev–Trinajstić information content (AvgIpc) is 2.60. The topological polar surface area (TPSA) is 69.6 Å². The summed E-state index contributed by atoms with van der Waals surface area (Å²) in [7, 11) is 0. The first-order chi connectivity index (χ1) is 11.5. The van der Waals surface area contributed by atoms with E-state index in [4.69, 9.17) is 0 Å². The fraction of sp³-hybridized carbons (Fsp3) is 0.550. The van der Waals surface area contributed by atoms with Crippen molar-refractivity contribution >= 4 is 11.7 Å². The fourth-order valence-electron chi connectivity index (χ4n) is 3.51. The molecule has 3 N–H and O–H groups in total. The predicted octanol–water partition coefficient (Wildman–Crippen LogP) is 3.73. The number of hydrogen-bond donors (Lipinski definition) is 3. The number of aliphatic carboxylic acids is 1. The van der Waals surface area contributed by atoms with Gasteiger partial charge in [0.1, 0.15) is 0 Å². The van der Waals surface area contributed by atoms with Gasteiger partial charge in [0.2, 0.25) is 0 Å². The Morgan fingerprint density at radius 3 is 2.58 bits per heavy atom. The molecule has 4 nitrogen and oxygen atoms in total. The minimum absolute atomic E-state index is 0.268. The van der Waals surface area contributed by atoms with Crippen molar-refractivity contribution in [2.75, 3.05) is 11.9 Å². The molecule has 1 aliphatic carbocycles. The molecule has 0 aliphatic heterocycles. The molecule has 0 spiro atoms. The first-order valence-corrected chi connectivity index (χ1v) is 8.87. The molecule has 2 rings (SSSR count). The van der Waals surface area contributed by atoms with Crippen LogP contribution in [0.3, 0.4) is 0 Å². The van der Waals surface area contributed by atoms with Crippen LogP contribution in [0, 0.1) is 17.8 Å². The van der Waals surface area contributed by atoms with E-state index in [2.05, 4.69) is 17.2 Å². The van der Waals surface area contributed by atoms with Gasteiger partial charge in [-0.25, -0.2) is 4.79 Å². The Bertz CT molecular complexity index is 638. The highest BCUT2D eigenvalue weighted by molar-refractivity contribution is 5.81. The van der Waals surface area contributed by atoms with Crippen LogP contribution in [-0.4, -0.2) is 22.7 Å². The number of anilines is 1. The van der Waals surface area contributed by atoms with Gasteiger partial charge >= 0.3 is 5.97 Å². The van der Waals surface area contributed by atoms with Crippen LogP contribution in [-0.2, 0) is 10.4 Å². The van der Waals surface area contributed by atoms with E-state index >= 15 is 0 Å². The summed E-state index contributed by atoms with van der Waals surface area (Å²) in [5, 5.41) is 24.3. The van der Waals surface area contributed by atoms with E-state index in [0.29, 0.717) is 17.5 Å². The molecule has 0 amide bonds. The maximum absolute atomic E-state index is 12.0. The average molecular weight is 329 g/mol. The molecule has 1 aromatic rings. The lowest BCUT2D eigenvalue weighted by atomic mass is 9.72. The Morgan fingerprint density at radius 2 is 2.00 bits per heavy atom. The Kier molecular flexibility index (Phi) is 6.28. The quantitative estimate of drug-likeness (QED) is 0.720. The monoisotopic (exact) mass is 329 g/mol. The van der Waals surface area contributed by atoms with E-state index in [1.54, 1.807) is 6.07 Å². The van der Waals surface area contributed by atoms with E-state index < -0.39 is 11.6 Å². The number of hydrogen-bond acceptors (Lipinski definition) is 3. The fourth-order valence-corrected chi connectivity index (χ4v) is 3.51. The number of benzene rings is 1. The summed E-state index contributed by atoms with van der Waals surface area (Å²) in [6.07, 6.45) is 5.18. The number of nitrogens with one attached hydrogen (secondary N) is 1. The van der Waals surface area contributed by atoms with E-state index in [1.807, 2.05) is 26.0 Å². The number of carboxylic acid groups (broad SMARTS) is 1. The van der Waals surface area contributed by atoms with Gasteiger partial charge in [-0.1, -0.05) is 44.1 Å². The number of carbonyl (C=O) groups is 1. The first-order valence-electron chi connectivity index (χ1n) is 8.87. The van der Waals surface area contributed by atoms with E-state index in [1.165, 1.54) is 0 Å². The minimum Gasteiger partial charge on any atom is -0.479 e. The van der Waals surface area contributed by atoms with Crippen molar-refractivity contribution in [3.8, 4) is 11.8 Å². The van der Waals surface area contributed by atoms with Gasteiger partial charge in [0.15, 0.2) is 5.60 Å². The molecule has 130 valence electrons. The van der Waals surface area contributed by atoms with Crippen LogP contribution >= 0.6 is 0 Å². The van der Waals surface area contributed by atoms with Gasteiger partial charge < -0.3 is 15.5 Å². The van der Waals surface area contributed by atoms with Crippen LogP contribution in [0.5, 0.6) is 0 Å². The molecule has 4 heteroatoms. The maximum atomic E-state index is 12.0. The smallest absolute Gasteiger partial charge is 0.340 e. The van der Waals surface area contributed by atoms with Gasteiger partial charge in [-0.15, -0.1) is 0 Å². The molecule has 1 atom stereocenters. The van der Waals surface area contributed by atoms with Crippen molar-refractivity contribution in [3.63, 3.8) is 0 Å². The normalized spacial score (nSPS) is 17.5. The summed E-state index contributed by atoms with van der Waals surface area (Å²) in [4.78, 5) is 12.0. The summed E-state index contributed by atoms with van der Waals surface area (Å²) in [5.41, 5.74) is 0.0384. The molecule has 1 aromatic carbocycles. The molecule has 0 bridgehead atoms. The van der Waals surface area contributed by atoms with Crippen LogP contribution in [0.2, 0.25) is 0 Å². The molecule has 0 saturated heterocycles. The zero-order valence-electron chi connectivity index (χ0n) is 14.6. The van der Waals surface area contributed by atoms with Crippen molar-refractivity contribution in [1.82, 2.24) is 0 Å². The third-order valence-corrected chi connectivity index (χ3v) is 4.73. The first kappa shape index (κ1) is 18.4. The summed E-state index contributed by atoms with van der Waals surface area (Å²) in [6.45, 7) is 4.72. The SMILES string of the molecule is CCC#Cc1cc(NCC)ccc1[C@](O)(C(=O)O)C1CCCCC1. The van der Waals surface area contributed by atoms with Crippen LogP contribution in [0.15, 0.2) is 18.2 Å². The van der Waals surface area contributed by atoms with Crippen LogP contribution in [0.4, 0.5) is 5.69 Å². The van der Waals surface area contributed by atoms with E-state index in [0.717, 1.165) is 44.3 Å². The molecule has 1 saturated carbocycles. The lowest BCUT2D eigenvalue weighted by molar-refractivity contribution is -0.168. The van der Waals surface area contributed by atoms with Crippen molar-refractivity contribution in [2.24, 2.45) is 5.92 Å². The summed E-state index contributed by atoms with van der Waals surface area (Å²) in [6, 6.07) is 5.39. The maximum Gasteiger partial charge on any atom is 0.340 e. The van der Waals surface area contributed by atoms with Crippen molar-refractivity contribution in [1.29, 1.82) is 0 Å². The van der Waals surface area contributed by atoms with E-state index in [-0.39, 0.29) is 5.92 Å². The number of rotatable bonds is 5. The van der Waals surface area contributed by atoms with Gasteiger partial charge in [0.05, 0.1) is 0 Å². The highest BCUT2D eigenvalue weighted by Crippen LogP contribution is 2.41. The van der Waals surface area contributed by atoms with E-state index in [9.17, 15) is 15.0 Å². The van der Waals surface area contributed by atoms with Crippen molar-refractivity contribution < 1.29 is 15.0 Å². The minimum atomic E-state index is -1.87. The van der Waals surface area contributed by atoms with Gasteiger partial charge in [-0.3, -0.25) is 0 Å². The highest BCUT2D eigenvalue weighted by atomic mass is 16.4. The molecule has 24 heavy (non-hydrogen) atoms. The molecule has 1 aliphatic rings. The second kappa shape index (κ2) is 8.21. The molecule has 1 fully saturated rings. The Balaban J connectivity index is 2.53. The van der Waals surface area contributed by atoms with Gasteiger partial charge in [0, 0.05) is 35.7 Å². The highest BCUT2D eigenvalue weighted by Gasteiger charge is 2.47. The molecular formula is C20H27NO3. The third kappa shape index (κ3) is 3.73. The molecule has 0 aromatic heterocycles. The predicted molar refractivity (Wildman–Crippen MR) is 95.9 cm³/mol. The Labute approximate surface area is 144 Å². The van der Waals surface area contributed by atoms with Crippen molar-refractivity contribution in [3.05, 3.63) is 29.3 Å². The summed E-state index contributed by atoms with van der Waals surface area (Å²) in [5.74, 6) is 4.61. The molecule has 0 heterocycles. The third-order valence-electron chi connectivity index (χ3n) is 4.73. The standard InChI is InChI=1S/C20H27NO3/c1-3-5-9-15-14-17(21-4-2)12-13-18(15)20(24,19(22)23)16-10-7-6-8-11-16/h12-14,16,21,24H,3-4,6-8,10-11H2,1-2H3,(H,22,23)/t20-/m0/s1. The van der Waals surface area contributed by atoms with Crippen LogP contribution in [0.25, 0.3) is 0 Å². The Hall–Kier alpha value is -1.99. The molecule has 0 unspecified atom stereocenters. The zero-order chi connectivity index (χ0) is 17.6. The number of carboxylic acids is 1. The van der Waals surface area contributed by atoms with Gasteiger partial charge in [0.25, 0.3) is 0 Å². The molecule has 0 radical (unpaired) electrons. The summed E-state index contributed by atoms with van der Waals surface area (Å²) >= 11 is 0. The number of aliphatic hydroxyl groups is 1. The Morgan fingerprint density at radius 1 is 1.29 bits per heavy atom. The lowest BCUT2D eigenvalue weighted by Gasteiger charge is -2.36. The van der Waals surface area contributed by atoms with Crippen LogP contribution in [0.1, 0.15) is 63.5 Å². The largest absolute Gasteiger partial charge is 0.479 e. The van der Waals surface area contributed by atoms with Gasteiger partial charge in [-0.2, -0.15) is 0 Å². The molecular weight excluding hydrogens is 302 g/mol. The van der Waals surface area contributed by atoms with Crippen LogP contribution < -0.4 is 5.32 Å². The summed E-state index contributed by atoms with van der Waals surface area (Å²) < 4.78 is 0. The van der Waals surface area contributed by atoms with Crippen molar-refractivity contribution in [2.45, 2.75) is 58.0 Å². The van der Waals surface area contributed by atoms with Gasteiger partial charge in [-0.05, 0) is 31.9 Å². The lowest BCUT2D eigenvalue weighted by Crippen LogP contribution is -2.44. The zero-order valence-corrected chi connectivity index (χ0v) is 14.6. The second-order valence-electron chi connectivity index (χ2n) is 6.35.